The minimum atomic E-state index is 0.765. The van der Waals surface area contributed by atoms with E-state index >= 15 is 0 Å². The van der Waals surface area contributed by atoms with Crippen molar-refractivity contribution in [3.8, 4) is 0 Å². The highest BCUT2D eigenvalue weighted by Gasteiger charge is 2.05. The van der Waals surface area contributed by atoms with Gasteiger partial charge in [0.15, 0.2) is 0 Å². The SMILES string of the molecule is CC1C=C(CN)CCCC1. The first-order chi connectivity index (χ1) is 4.83. The molecule has 1 aliphatic rings. The molecule has 0 aromatic rings. The van der Waals surface area contributed by atoms with Gasteiger partial charge in [0.1, 0.15) is 0 Å². The van der Waals surface area contributed by atoms with Crippen LogP contribution in [0, 0.1) is 5.92 Å². The second-order valence-corrected chi connectivity index (χ2v) is 3.25. The Morgan fingerprint density at radius 1 is 1.60 bits per heavy atom. The van der Waals surface area contributed by atoms with Crippen LogP contribution in [0.5, 0.6) is 0 Å². The predicted octanol–water partition coefficient (Wildman–Crippen LogP) is 2.08. The summed E-state index contributed by atoms with van der Waals surface area (Å²) >= 11 is 0. The molecular weight excluding hydrogens is 122 g/mol. The molecule has 0 bridgehead atoms. The van der Waals surface area contributed by atoms with Crippen LogP contribution < -0.4 is 5.73 Å². The molecule has 1 aliphatic carbocycles. The highest BCUT2D eigenvalue weighted by Crippen LogP contribution is 2.20. The predicted molar refractivity (Wildman–Crippen MR) is 44.8 cm³/mol. The first-order valence-electron chi connectivity index (χ1n) is 4.22. The average Bonchev–Trinajstić information content (AvgIpc) is 2.13. The second kappa shape index (κ2) is 3.77. The van der Waals surface area contributed by atoms with Crippen LogP contribution in [0.2, 0.25) is 0 Å². The van der Waals surface area contributed by atoms with Crippen molar-refractivity contribution in [1.82, 2.24) is 0 Å². The van der Waals surface area contributed by atoms with E-state index in [0.29, 0.717) is 0 Å². The second-order valence-electron chi connectivity index (χ2n) is 3.25. The fourth-order valence-electron chi connectivity index (χ4n) is 1.56. The number of allylic oxidation sites excluding steroid dienone is 1. The molecule has 0 saturated heterocycles. The van der Waals surface area contributed by atoms with Gasteiger partial charge in [-0.15, -0.1) is 0 Å². The summed E-state index contributed by atoms with van der Waals surface area (Å²) in [5.41, 5.74) is 7.03. The highest BCUT2D eigenvalue weighted by atomic mass is 14.5. The molecule has 1 heteroatoms. The smallest absolute Gasteiger partial charge is 0.0136 e. The van der Waals surface area contributed by atoms with Gasteiger partial charge in [-0.1, -0.05) is 25.0 Å². The van der Waals surface area contributed by atoms with Gasteiger partial charge in [0.05, 0.1) is 0 Å². The van der Waals surface area contributed by atoms with E-state index in [1.165, 1.54) is 31.3 Å². The molecule has 1 atom stereocenters. The first kappa shape index (κ1) is 7.80. The van der Waals surface area contributed by atoms with E-state index in [1.54, 1.807) is 0 Å². The lowest BCUT2D eigenvalue weighted by Crippen LogP contribution is -2.03. The van der Waals surface area contributed by atoms with Gasteiger partial charge in [0.25, 0.3) is 0 Å². The molecule has 0 spiro atoms. The van der Waals surface area contributed by atoms with Crippen LogP contribution in [0.3, 0.4) is 0 Å². The molecule has 0 saturated carbocycles. The minimum absolute atomic E-state index is 0.765. The lowest BCUT2D eigenvalue weighted by molar-refractivity contribution is 0.604. The number of hydrogen-bond donors (Lipinski definition) is 1. The third kappa shape index (κ3) is 2.14. The monoisotopic (exact) mass is 139 g/mol. The Hall–Kier alpha value is -0.300. The third-order valence-corrected chi connectivity index (χ3v) is 2.19. The van der Waals surface area contributed by atoms with Crippen molar-refractivity contribution in [3.05, 3.63) is 11.6 Å². The van der Waals surface area contributed by atoms with Crippen molar-refractivity contribution in [2.75, 3.05) is 6.54 Å². The van der Waals surface area contributed by atoms with Gasteiger partial charge < -0.3 is 5.73 Å². The molecule has 1 rings (SSSR count). The Kier molecular flexibility index (Phi) is 2.94. The molecule has 0 fully saturated rings. The van der Waals surface area contributed by atoms with Crippen molar-refractivity contribution < 1.29 is 0 Å². The zero-order chi connectivity index (χ0) is 7.40. The van der Waals surface area contributed by atoms with E-state index in [2.05, 4.69) is 13.0 Å². The molecule has 1 nitrogen and oxygen atoms in total. The maximum absolute atomic E-state index is 5.57. The molecule has 0 amide bonds. The first-order valence-corrected chi connectivity index (χ1v) is 4.22. The highest BCUT2D eigenvalue weighted by molar-refractivity contribution is 5.06. The van der Waals surface area contributed by atoms with Crippen LogP contribution in [0.15, 0.2) is 11.6 Å². The van der Waals surface area contributed by atoms with Crippen LogP contribution in [-0.4, -0.2) is 6.54 Å². The Morgan fingerprint density at radius 2 is 2.40 bits per heavy atom. The topological polar surface area (TPSA) is 26.0 Å². The molecule has 10 heavy (non-hydrogen) atoms. The van der Waals surface area contributed by atoms with Gasteiger partial charge in [0, 0.05) is 6.54 Å². The quantitative estimate of drug-likeness (QED) is 0.553. The van der Waals surface area contributed by atoms with Gasteiger partial charge in [-0.3, -0.25) is 0 Å². The largest absolute Gasteiger partial charge is 0.327 e. The van der Waals surface area contributed by atoms with Gasteiger partial charge in [0.2, 0.25) is 0 Å². The van der Waals surface area contributed by atoms with Crippen LogP contribution >= 0.6 is 0 Å². The molecule has 0 heterocycles. The summed E-state index contributed by atoms with van der Waals surface area (Å²) in [6.07, 6.45) is 7.66. The summed E-state index contributed by atoms with van der Waals surface area (Å²) in [7, 11) is 0. The molecule has 1 unspecified atom stereocenters. The zero-order valence-electron chi connectivity index (χ0n) is 6.77. The van der Waals surface area contributed by atoms with Crippen molar-refractivity contribution in [1.29, 1.82) is 0 Å². The van der Waals surface area contributed by atoms with Crippen LogP contribution in [0.1, 0.15) is 32.6 Å². The van der Waals surface area contributed by atoms with Crippen molar-refractivity contribution in [2.45, 2.75) is 32.6 Å². The summed E-state index contributed by atoms with van der Waals surface area (Å²) in [6.45, 7) is 3.05. The summed E-state index contributed by atoms with van der Waals surface area (Å²) in [4.78, 5) is 0. The summed E-state index contributed by atoms with van der Waals surface area (Å²) in [6, 6.07) is 0. The van der Waals surface area contributed by atoms with Gasteiger partial charge >= 0.3 is 0 Å². The fourth-order valence-corrected chi connectivity index (χ4v) is 1.56. The molecule has 0 aromatic carbocycles. The van der Waals surface area contributed by atoms with Crippen LogP contribution in [0.4, 0.5) is 0 Å². The maximum atomic E-state index is 5.57. The van der Waals surface area contributed by atoms with Crippen LogP contribution in [0.25, 0.3) is 0 Å². The number of hydrogen-bond acceptors (Lipinski definition) is 1. The normalized spacial score (nSPS) is 27.4. The average molecular weight is 139 g/mol. The Bertz CT molecular complexity index is 127. The minimum Gasteiger partial charge on any atom is -0.327 e. The Morgan fingerprint density at radius 3 is 3.10 bits per heavy atom. The molecular formula is C9H17N. The Balaban J connectivity index is 2.50. The maximum Gasteiger partial charge on any atom is 0.0136 e. The molecule has 0 aromatic heterocycles. The van der Waals surface area contributed by atoms with E-state index in [1.807, 2.05) is 0 Å². The van der Waals surface area contributed by atoms with Crippen molar-refractivity contribution in [2.24, 2.45) is 11.7 Å². The number of rotatable bonds is 1. The fraction of sp³-hybridized carbons (Fsp3) is 0.778. The standard InChI is InChI=1S/C9H17N/c1-8-4-2-3-5-9(6-8)7-10/h6,8H,2-5,7,10H2,1H3. The van der Waals surface area contributed by atoms with E-state index in [0.717, 1.165) is 12.5 Å². The summed E-state index contributed by atoms with van der Waals surface area (Å²) in [5.74, 6) is 0.765. The molecule has 58 valence electrons. The van der Waals surface area contributed by atoms with Gasteiger partial charge in [-0.05, 0) is 25.2 Å². The molecule has 0 aliphatic heterocycles. The van der Waals surface area contributed by atoms with Crippen LogP contribution in [-0.2, 0) is 0 Å². The molecule has 2 N–H and O–H groups in total. The van der Waals surface area contributed by atoms with Crippen molar-refractivity contribution >= 4 is 0 Å². The lowest BCUT2D eigenvalue weighted by Gasteiger charge is -2.01. The summed E-state index contributed by atoms with van der Waals surface area (Å²) in [5, 5.41) is 0. The van der Waals surface area contributed by atoms with E-state index in [4.69, 9.17) is 5.73 Å². The lowest BCUT2D eigenvalue weighted by atomic mass is 10.1. The van der Waals surface area contributed by atoms with Gasteiger partial charge in [-0.2, -0.15) is 0 Å². The van der Waals surface area contributed by atoms with Crippen molar-refractivity contribution in [3.63, 3.8) is 0 Å². The van der Waals surface area contributed by atoms with Gasteiger partial charge in [-0.25, -0.2) is 0 Å². The molecule has 0 radical (unpaired) electrons. The van der Waals surface area contributed by atoms with E-state index in [-0.39, 0.29) is 0 Å². The van der Waals surface area contributed by atoms with E-state index in [9.17, 15) is 0 Å². The van der Waals surface area contributed by atoms with E-state index < -0.39 is 0 Å². The third-order valence-electron chi connectivity index (χ3n) is 2.19. The zero-order valence-corrected chi connectivity index (χ0v) is 6.77. The summed E-state index contributed by atoms with van der Waals surface area (Å²) < 4.78 is 0. The Labute approximate surface area is 63.3 Å². The number of nitrogens with two attached hydrogens (primary N) is 1.